The Labute approximate surface area is 121 Å². The molecule has 0 saturated heterocycles. The summed E-state index contributed by atoms with van der Waals surface area (Å²) in [5.74, 6) is 0.0715. The average molecular weight is 298 g/mol. The van der Waals surface area contributed by atoms with Crippen molar-refractivity contribution in [2.75, 3.05) is 24.7 Å². The van der Waals surface area contributed by atoms with E-state index in [1.165, 1.54) is 12.6 Å². The summed E-state index contributed by atoms with van der Waals surface area (Å²) in [6, 6.07) is 7.54. The number of hydrogen-bond acceptors (Lipinski definition) is 3. The predicted octanol–water partition coefficient (Wildman–Crippen LogP) is 2.03. The Balaban J connectivity index is 2.63. The summed E-state index contributed by atoms with van der Waals surface area (Å²) >= 11 is 0. The molecule has 1 aromatic rings. The molecule has 1 N–H and O–H groups in total. The molecule has 112 valence electrons. The van der Waals surface area contributed by atoms with Crippen molar-refractivity contribution in [2.45, 2.75) is 26.7 Å². The number of rotatable bonds is 6. The average Bonchev–Trinajstić information content (AvgIpc) is 2.39. The predicted molar refractivity (Wildman–Crippen MR) is 81.3 cm³/mol. The second-order valence-electron chi connectivity index (χ2n) is 4.98. The second kappa shape index (κ2) is 6.85. The van der Waals surface area contributed by atoms with Crippen molar-refractivity contribution in [3.63, 3.8) is 0 Å². The molecule has 0 bridgehead atoms. The van der Waals surface area contributed by atoms with Gasteiger partial charge >= 0.3 is 0 Å². The maximum absolute atomic E-state index is 11.8. The highest BCUT2D eigenvalue weighted by Gasteiger charge is 2.18. The highest BCUT2D eigenvalue weighted by molar-refractivity contribution is 7.89. The molecule has 0 atom stereocenters. The Morgan fingerprint density at radius 1 is 1.25 bits per heavy atom. The van der Waals surface area contributed by atoms with E-state index in [0.717, 1.165) is 4.31 Å². The van der Waals surface area contributed by atoms with Crippen LogP contribution < -0.4 is 5.32 Å². The lowest BCUT2D eigenvalue weighted by Gasteiger charge is -2.15. The number of nitrogens with one attached hydrogen (secondary N) is 1. The summed E-state index contributed by atoms with van der Waals surface area (Å²) in [5.41, 5.74) is 1.86. The van der Waals surface area contributed by atoms with Gasteiger partial charge in [0.2, 0.25) is 15.9 Å². The Kier molecular flexibility index (Phi) is 5.71. The first-order valence-electron chi connectivity index (χ1n) is 6.60. The minimum atomic E-state index is -3.33. The van der Waals surface area contributed by atoms with Crippen LogP contribution in [0, 0.1) is 0 Å². The van der Waals surface area contributed by atoms with E-state index in [0.29, 0.717) is 11.6 Å². The van der Waals surface area contributed by atoms with Crippen LogP contribution in [0.1, 0.15) is 32.3 Å². The van der Waals surface area contributed by atoms with Gasteiger partial charge in [0.05, 0.1) is 12.3 Å². The van der Waals surface area contributed by atoms with Crippen molar-refractivity contribution < 1.29 is 13.2 Å². The third kappa shape index (κ3) is 4.61. The van der Waals surface area contributed by atoms with Gasteiger partial charge in [0.25, 0.3) is 0 Å². The molecule has 0 aliphatic heterocycles. The summed E-state index contributed by atoms with van der Waals surface area (Å²) in [6.07, 6.45) is 0. The first kappa shape index (κ1) is 16.7. The van der Waals surface area contributed by atoms with E-state index in [1.807, 2.05) is 24.3 Å². The van der Waals surface area contributed by atoms with Crippen LogP contribution in [0.2, 0.25) is 0 Å². The lowest BCUT2D eigenvalue weighted by molar-refractivity contribution is -0.116. The summed E-state index contributed by atoms with van der Waals surface area (Å²) in [6.45, 7) is 5.56. The third-order valence-corrected chi connectivity index (χ3v) is 4.88. The van der Waals surface area contributed by atoms with Crippen molar-refractivity contribution in [2.24, 2.45) is 0 Å². The molecule has 0 unspecified atom stereocenters. The van der Waals surface area contributed by atoms with Gasteiger partial charge in [-0.2, -0.15) is 4.31 Å². The summed E-state index contributed by atoms with van der Waals surface area (Å²) < 4.78 is 24.2. The van der Waals surface area contributed by atoms with Gasteiger partial charge in [-0.3, -0.25) is 4.79 Å². The van der Waals surface area contributed by atoms with Crippen molar-refractivity contribution in [1.29, 1.82) is 0 Å². The molecule has 1 aromatic carbocycles. The molecule has 0 aromatic heterocycles. The van der Waals surface area contributed by atoms with Crippen molar-refractivity contribution in [3.8, 4) is 0 Å². The van der Waals surface area contributed by atoms with Crippen LogP contribution in [-0.2, 0) is 14.8 Å². The van der Waals surface area contributed by atoms with Crippen molar-refractivity contribution in [3.05, 3.63) is 29.8 Å². The van der Waals surface area contributed by atoms with Crippen molar-refractivity contribution in [1.82, 2.24) is 4.31 Å². The molecule has 0 fully saturated rings. The fraction of sp³-hybridized carbons (Fsp3) is 0.500. The van der Waals surface area contributed by atoms with Gasteiger partial charge in [0.1, 0.15) is 0 Å². The number of benzene rings is 1. The Bertz CT molecular complexity index is 550. The van der Waals surface area contributed by atoms with E-state index < -0.39 is 10.0 Å². The molecule has 5 nitrogen and oxygen atoms in total. The zero-order valence-corrected chi connectivity index (χ0v) is 13.2. The van der Waals surface area contributed by atoms with Gasteiger partial charge in [0.15, 0.2) is 0 Å². The summed E-state index contributed by atoms with van der Waals surface area (Å²) in [4.78, 5) is 11.8. The Morgan fingerprint density at radius 2 is 1.80 bits per heavy atom. The molecule has 0 spiro atoms. The first-order chi connectivity index (χ1) is 9.26. The van der Waals surface area contributed by atoms with Crippen LogP contribution in [0.4, 0.5) is 5.69 Å². The quantitative estimate of drug-likeness (QED) is 0.874. The molecule has 1 rings (SSSR count). The van der Waals surface area contributed by atoms with Gasteiger partial charge < -0.3 is 5.32 Å². The number of nitrogens with zero attached hydrogens (tertiary/aromatic N) is 1. The monoisotopic (exact) mass is 298 g/mol. The number of anilines is 1. The summed E-state index contributed by atoms with van der Waals surface area (Å²) in [5, 5.41) is 2.69. The fourth-order valence-corrected chi connectivity index (χ4v) is 2.43. The smallest absolute Gasteiger partial charge is 0.239 e. The maximum atomic E-state index is 11.8. The van der Waals surface area contributed by atoms with E-state index in [1.54, 1.807) is 6.92 Å². The normalized spacial score (nSPS) is 11.9. The topological polar surface area (TPSA) is 66.5 Å². The van der Waals surface area contributed by atoms with Gasteiger partial charge in [-0.25, -0.2) is 8.42 Å². The van der Waals surface area contributed by atoms with Crippen LogP contribution in [0.5, 0.6) is 0 Å². The van der Waals surface area contributed by atoms with Crippen LogP contribution >= 0.6 is 0 Å². The Hall–Kier alpha value is -1.40. The zero-order chi connectivity index (χ0) is 15.3. The van der Waals surface area contributed by atoms with Gasteiger partial charge in [-0.15, -0.1) is 0 Å². The number of sulfonamides is 1. The van der Waals surface area contributed by atoms with Crippen LogP contribution in [-0.4, -0.2) is 38.0 Å². The van der Waals surface area contributed by atoms with E-state index >= 15 is 0 Å². The number of hydrogen-bond donors (Lipinski definition) is 1. The fourth-order valence-electron chi connectivity index (χ4n) is 1.67. The molecule has 20 heavy (non-hydrogen) atoms. The zero-order valence-electron chi connectivity index (χ0n) is 12.4. The van der Waals surface area contributed by atoms with Crippen LogP contribution in [0.15, 0.2) is 24.3 Å². The number of likely N-dealkylation sites (N-methyl/N-ethyl adjacent to an activating group) is 1. The van der Waals surface area contributed by atoms with E-state index in [4.69, 9.17) is 0 Å². The van der Waals surface area contributed by atoms with Gasteiger partial charge in [0, 0.05) is 12.7 Å². The van der Waals surface area contributed by atoms with Crippen LogP contribution in [0.3, 0.4) is 0 Å². The molecule has 0 heterocycles. The van der Waals surface area contributed by atoms with E-state index in [9.17, 15) is 13.2 Å². The lowest BCUT2D eigenvalue weighted by Crippen LogP contribution is -2.35. The molecular formula is C14H22N2O3S. The number of amides is 1. The molecule has 0 aliphatic carbocycles. The van der Waals surface area contributed by atoms with Gasteiger partial charge in [-0.05, 0) is 30.5 Å². The third-order valence-electron chi connectivity index (χ3n) is 3.07. The molecule has 0 aliphatic rings. The molecule has 0 radical (unpaired) electrons. The molecule has 6 heteroatoms. The molecular weight excluding hydrogens is 276 g/mol. The largest absolute Gasteiger partial charge is 0.325 e. The number of carbonyl (C=O) groups is 1. The van der Waals surface area contributed by atoms with E-state index in [-0.39, 0.29) is 18.2 Å². The second-order valence-corrected chi connectivity index (χ2v) is 7.35. The molecule has 0 saturated carbocycles. The van der Waals surface area contributed by atoms with Gasteiger partial charge in [-0.1, -0.05) is 26.0 Å². The highest BCUT2D eigenvalue weighted by atomic mass is 32.2. The standard InChI is InChI=1S/C14H22N2O3S/c1-5-20(18,19)16(4)10-14(17)15-13-8-6-12(7-9-13)11(2)3/h6-9,11H,5,10H2,1-4H3,(H,15,17). The van der Waals surface area contributed by atoms with Crippen molar-refractivity contribution >= 4 is 21.6 Å². The molecule has 1 amide bonds. The minimum Gasteiger partial charge on any atom is -0.325 e. The highest BCUT2D eigenvalue weighted by Crippen LogP contribution is 2.17. The summed E-state index contributed by atoms with van der Waals surface area (Å²) in [7, 11) is -1.93. The minimum absolute atomic E-state index is 0.0140. The Morgan fingerprint density at radius 3 is 2.25 bits per heavy atom. The number of carbonyl (C=O) groups excluding carboxylic acids is 1. The van der Waals surface area contributed by atoms with E-state index in [2.05, 4.69) is 19.2 Å². The SMILES string of the molecule is CCS(=O)(=O)N(C)CC(=O)Nc1ccc(C(C)C)cc1. The van der Waals surface area contributed by atoms with Crippen LogP contribution in [0.25, 0.3) is 0 Å². The lowest BCUT2D eigenvalue weighted by atomic mass is 10.0. The maximum Gasteiger partial charge on any atom is 0.239 e. The first-order valence-corrected chi connectivity index (χ1v) is 8.21.